The van der Waals surface area contributed by atoms with E-state index in [2.05, 4.69) is 0 Å². The molecule has 2 aromatic rings. The van der Waals surface area contributed by atoms with Crippen LogP contribution in [0.4, 0.5) is 18.9 Å². The van der Waals surface area contributed by atoms with Crippen LogP contribution in [0.5, 0.6) is 0 Å². The number of hydrazine groups is 1. The Morgan fingerprint density at radius 3 is 2.45 bits per heavy atom. The summed E-state index contributed by atoms with van der Waals surface area (Å²) >= 11 is 0. The number of nitriles is 1. The molecule has 2 unspecified atom stereocenters. The molecule has 0 fully saturated rings. The number of benzene rings is 1. The van der Waals surface area contributed by atoms with Gasteiger partial charge in [-0.3, -0.25) is 13.9 Å². The second kappa shape index (κ2) is 9.11. The number of hydrogen-bond acceptors (Lipinski definition) is 5. The van der Waals surface area contributed by atoms with Crippen LogP contribution in [0.2, 0.25) is 0 Å². The molecule has 0 saturated heterocycles. The van der Waals surface area contributed by atoms with Crippen molar-refractivity contribution < 1.29 is 13.2 Å². The van der Waals surface area contributed by atoms with Gasteiger partial charge in [-0.05, 0) is 56.2 Å². The summed E-state index contributed by atoms with van der Waals surface area (Å²) in [5.41, 5.74) is 0.145. The fourth-order valence-corrected chi connectivity index (χ4v) is 3.99. The number of alkyl halides is 3. The minimum Gasteiger partial charge on any atom is -0.303 e. The number of hydrogen-bond donors (Lipinski definition) is 1. The normalized spacial score (nSPS) is 16.8. The van der Waals surface area contributed by atoms with E-state index in [9.17, 15) is 22.8 Å². The molecule has 2 atom stereocenters. The predicted molar refractivity (Wildman–Crippen MR) is 119 cm³/mol. The van der Waals surface area contributed by atoms with Crippen molar-refractivity contribution in [2.75, 3.05) is 5.01 Å². The molecule has 7 nitrogen and oxygen atoms in total. The van der Waals surface area contributed by atoms with E-state index in [4.69, 9.17) is 11.1 Å². The minimum absolute atomic E-state index is 0.0553. The Bertz CT molecular complexity index is 1260. The molecular formula is C23H24F3N5O2. The fraction of sp³-hybridized carbons (Fsp3) is 0.348. The summed E-state index contributed by atoms with van der Waals surface area (Å²) in [5, 5.41) is 10.4. The van der Waals surface area contributed by atoms with Crippen LogP contribution in [0.1, 0.15) is 42.6 Å². The highest BCUT2D eigenvalue weighted by molar-refractivity contribution is 5.61. The van der Waals surface area contributed by atoms with Gasteiger partial charge in [0.05, 0.1) is 34.8 Å². The van der Waals surface area contributed by atoms with Crippen molar-refractivity contribution in [1.29, 1.82) is 5.26 Å². The molecule has 1 heterocycles. The smallest absolute Gasteiger partial charge is 0.303 e. The van der Waals surface area contributed by atoms with Gasteiger partial charge < -0.3 is 5.01 Å². The average Bonchev–Trinajstić information content (AvgIpc) is 2.80. The molecule has 0 bridgehead atoms. The summed E-state index contributed by atoms with van der Waals surface area (Å²) in [6.45, 7) is 3.33. The zero-order valence-electron chi connectivity index (χ0n) is 18.4. The Hall–Kier alpha value is -3.58. The first-order chi connectivity index (χ1) is 15.5. The van der Waals surface area contributed by atoms with Crippen molar-refractivity contribution in [2.24, 2.45) is 18.8 Å². The van der Waals surface area contributed by atoms with Gasteiger partial charge in [-0.25, -0.2) is 10.6 Å². The van der Waals surface area contributed by atoms with E-state index in [1.165, 1.54) is 31.1 Å². The molecule has 0 saturated carbocycles. The van der Waals surface area contributed by atoms with Crippen molar-refractivity contribution in [3.63, 3.8) is 0 Å². The quantitative estimate of drug-likeness (QED) is 0.545. The maximum atomic E-state index is 13.3. The third-order valence-corrected chi connectivity index (χ3v) is 5.82. The van der Waals surface area contributed by atoms with Gasteiger partial charge in [0.1, 0.15) is 0 Å². The molecule has 0 aliphatic heterocycles. The third-order valence-electron chi connectivity index (χ3n) is 5.82. The predicted octanol–water partition coefficient (Wildman–Crippen LogP) is 3.54. The summed E-state index contributed by atoms with van der Waals surface area (Å²) in [5.74, 6) is 4.62. The van der Waals surface area contributed by atoms with E-state index in [0.717, 1.165) is 15.2 Å². The van der Waals surface area contributed by atoms with E-state index >= 15 is 0 Å². The lowest BCUT2D eigenvalue weighted by Crippen LogP contribution is -2.46. The zero-order chi connectivity index (χ0) is 24.5. The van der Waals surface area contributed by atoms with Crippen LogP contribution in [-0.2, 0) is 7.05 Å². The molecule has 1 aliphatic rings. The topological polar surface area (TPSA) is 97.1 Å². The maximum absolute atomic E-state index is 13.3. The lowest BCUT2D eigenvalue weighted by molar-refractivity contribution is -0.160. The fourth-order valence-electron chi connectivity index (χ4n) is 3.99. The Labute approximate surface area is 188 Å². The van der Waals surface area contributed by atoms with E-state index in [1.54, 1.807) is 24.3 Å². The number of nitrogens with zero attached hydrogens (tertiary/aromatic N) is 4. The zero-order valence-corrected chi connectivity index (χ0v) is 18.4. The molecule has 2 N–H and O–H groups in total. The Morgan fingerprint density at radius 1 is 1.27 bits per heavy atom. The summed E-state index contributed by atoms with van der Waals surface area (Å²) in [6.07, 6.45) is -0.464. The molecule has 10 heteroatoms. The van der Waals surface area contributed by atoms with Gasteiger partial charge in [0.2, 0.25) is 0 Å². The summed E-state index contributed by atoms with van der Waals surface area (Å²) < 4.78 is 42.0. The number of aromatic nitrogens is 2. The van der Waals surface area contributed by atoms with Crippen LogP contribution in [0.25, 0.3) is 5.70 Å². The molecule has 0 radical (unpaired) electrons. The molecule has 3 rings (SSSR count). The van der Waals surface area contributed by atoms with Crippen molar-refractivity contribution in [2.45, 2.75) is 38.9 Å². The maximum Gasteiger partial charge on any atom is 0.395 e. The Morgan fingerprint density at radius 2 is 1.91 bits per heavy atom. The standard InChI is InChI=1S/C23H24F3N5O2/c1-4-19(31(28)17-10-8-15(13-27)9-11-17)20-14(2)30(22(33)29(3)21(20)32)18-7-5-6-16(12-18)23(24,25)26/h5,7-12,16,19H,4,6,28H2,1-3H3. The van der Waals surface area contributed by atoms with Gasteiger partial charge in [0, 0.05) is 18.4 Å². The summed E-state index contributed by atoms with van der Waals surface area (Å²) in [7, 11) is 1.29. The van der Waals surface area contributed by atoms with E-state index in [-0.39, 0.29) is 23.4 Å². The third kappa shape index (κ3) is 4.50. The van der Waals surface area contributed by atoms with Crippen LogP contribution in [0.3, 0.4) is 0 Å². The van der Waals surface area contributed by atoms with Crippen molar-refractivity contribution in [3.05, 3.63) is 80.2 Å². The molecular weight excluding hydrogens is 435 g/mol. The highest BCUT2D eigenvalue weighted by Crippen LogP contribution is 2.35. The van der Waals surface area contributed by atoms with Crippen LogP contribution in [-0.4, -0.2) is 15.3 Å². The largest absolute Gasteiger partial charge is 0.395 e. The SMILES string of the molecule is CCC(c1c(C)n(C2=CC(C(F)(F)F)CC=C2)c(=O)n(C)c1=O)N(N)c1ccc(C#N)cc1. The number of nitrogens with two attached hydrogens (primary N) is 1. The lowest BCUT2D eigenvalue weighted by atomic mass is 9.97. The lowest BCUT2D eigenvalue weighted by Gasteiger charge is -2.31. The van der Waals surface area contributed by atoms with Gasteiger partial charge in [-0.1, -0.05) is 13.0 Å². The highest BCUT2D eigenvalue weighted by Gasteiger charge is 2.38. The first-order valence-electron chi connectivity index (χ1n) is 10.3. The monoisotopic (exact) mass is 459 g/mol. The first kappa shape index (κ1) is 24.1. The van der Waals surface area contributed by atoms with Gasteiger partial charge in [0.25, 0.3) is 5.56 Å². The number of allylic oxidation sites excluding steroid dienone is 4. The minimum atomic E-state index is -4.45. The van der Waals surface area contributed by atoms with E-state index < -0.39 is 29.4 Å². The van der Waals surface area contributed by atoms with Crippen molar-refractivity contribution in [3.8, 4) is 6.07 Å². The average molecular weight is 459 g/mol. The molecule has 33 heavy (non-hydrogen) atoms. The van der Waals surface area contributed by atoms with Crippen molar-refractivity contribution in [1.82, 2.24) is 9.13 Å². The second-order valence-corrected chi connectivity index (χ2v) is 7.85. The summed E-state index contributed by atoms with van der Waals surface area (Å²) in [4.78, 5) is 26.0. The van der Waals surface area contributed by atoms with Gasteiger partial charge in [-0.2, -0.15) is 18.4 Å². The van der Waals surface area contributed by atoms with Crippen LogP contribution in [0, 0.1) is 24.2 Å². The molecule has 0 spiro atoms. The molecule has 1 aliphatic carbocycles. The van der Waals surface area contributed by atoms with Crippen LogP contribution < -0.4 is 22.1 Å². The molecule has 174 valence electrons. The van der Waals surface area contributed by atoms with E-state index in [1.807, 2.05) is 13.0 Å². The van der Waals surface area contributed by atoms with Crippen LogP contribution in [0.15, 0.2) is 52.1 Å². The van der Waals surface area contributed by atoms with Gasteiger partial charge in [0.15, 0.2) is 0 Å². The second-order valence-electron chi connectivity index (χ2n) is 7.85. The van der Waals surface area contributed by atoms with Crippen LogP contribution >= 0.6 is 0 Å². The number of anilines is 1. The Balaban J connectivity index is 2.18. The summed E-state index contributed by atoms with van der Waals surface area (Å²) in [6, 6.07) is 7.79. The van der Waals surface area contributed by atoms with E-state index in [0.29, 0.717) is 17.7 Å². The highest BCUT2D eigenvalue weighted by atomic mass is 19.4. The number of rotatable bonds is 5. The molecule has 0 amide bonds. The molecule has 1 aromatic carbocycles. The van der Waals surface area contributed by atoms with Gasteiger partial charge in [-0.15, -0.1) is 0 Å². The first-order valence-corrected chi connectivity index (χ1v) is 10.3. The Kier molecular flexibility index (Phi) is 6.65. The molecule has 1 aromatic heterocycles. The van der Waals surface area contributed by atoms with Crippen molar-refractivity contribution >= 4 is 11.4 Å². The number of halogens is 3. The van der Waals surface area contributed by atoms with Gasteiger partial charge >= 0.3 is 11.9 Å².